The number of methoxy groups -OCH3 is 1. The van der Waals surface area contributed by atoms with Crippen LogP contribution in [0.2, 0.25) is 5.02 Å². The third-order valence-electron chi connectivity index (χ3n) is 2.50. The van der Waals surface area contributed by atoms with Crippen molar-refractivity contribution in [3.05, 3.63) is 28.8 Å². The van der Waals surface area contributed by atoms with E-state index in [4.69, 9.17) is 21.1 Å². The Balaban J connectivity index is 0.00000128. The van der Waals surface area contributed by atoms with Gasteiger partial charge in [0.05, 0.1) is 31.4 Å². The van der Waals surface area contributed by atoms with Crippen molar-refractivity contribution in [2.75, 3.05) is 26.9 Å². The highest BCUT2D eigenvalue weighted by Crippen LogP contribution is 2.28. The van der Waals surface area contributed by atoms with Crippen LogP contribution in [-0.4, -0.2) is 26.9 Å². The Hall–Kier alpha value is -0.480. The van der Waals surface area contributed by atoms with Gasteiger partial charge in [-0.2, -0.15) is 0 Å². The van der Waals surface area contributed by atoms with Crippen LogP contribution in [0.25, 0.3) is 0 Å². The number of ether oxygens (including phenoxy) is 2. The molecule has 3 nitrogen and oxygen atoms in total. The third-order valence-corrected chi connectivity index (χ3v) is 2.81. The summed E-state index contributed by atoms with van der Waals surface area (Å²) in [7, 11) is 1.62. The molecule has 90 valence electrons. The van der Waals surface area contributed by atoms with E-state index >= 15 is 0 Å². The smallest absolute Gasteiger partial charge is 0.137 e. The van der Waals surface area contributed by atoms with E-state index in [9.17, 15) is 0 Å². The average Bonchev–Trinajstić information content (AvgIpc) is 2.31. The van der Waals surface area contributed by atoms with Gasteiger partial charge in [0, 0.05) is 6.54 Å². The van der Waals surface area contributed by atoms with Crippen molar-refractivity contribution in [1.82, 2.24) is 5.32 Å². The molecule has 1 aliphatic heterocycles. The lowest BCUT2D eigenvalue weighted by Crippen LogP contribution is -2.34. The maximum absolute atomic E-state index is 5.96. The molecule has 0 unspecified atom stereocenters. The normalized spacial score (nSPS) is 20.0. The molecular weight excluding hydrogens is 249 g/mol. The summed E-state index contributed by atoms with van der Waals surface area (Å²) in [5, 5.41) is 4.02. The van der Waals surface area contributed by atoms with Crippen LogP contribution in [0.1, 0.15) is 11.6 Å². The molecule has 0 saturated carbocycles. The third kappa shape index (κ3) is 3.01. The van der Waals surface area contributed by atoms with E-state index in [2.05, 4.69) is 5.32 Å². The SMILES string of the molecule is COc1cc([C@@H]2COCCN2)ccc1Cl.Cl. The molecule has 1 fully saturated rings. The lowest BCUT2D eigenvalue weighted by Gasteiger charge is -2.24. The van der Waals surface area contributed by atoms with Gasteiger partial charge in [0.15, 0.2) is 0 Å². The number of morpholine rings is 1. The number of halogens is 2. The van der Waals surface area contributed by atoms with E-state index < -0.39 is 0 Å². The monoisotopic (exact) mass is 263 g/mol. The van der Waals surface area contributed by atoms with Crippen molar-refractivity contribution in [3.63, 3.8) is 0 Å². The van der Waals surface area contributed by atoms with E-state index in [-0.39, 0.29) is 18.4 Å². The van der Waals surface area contributed by atoms with Gasteiger partial charge in [-0.3, -0.25) is 0 Å². The van der Waals surface area contributed by atoms with Gasteiger partial charge in [0.25, 0.3) is 0 Å². The molecule has 0 radical (unpaired) electrons. The fourth-order valence-electron chi connectivity index (χ4n) is 1.67. The Labute approximate surface area is 106 Å². The molecular formula is C11H15Cl2NO2. The average molecular weight is 264 g/mol. The van der Waals surface area contributed by atoms with Crippen LogP contribution in [-0.2, 0) is 4.74 Å². The first-order chi connectivity index (χ1) is 7.31. The van der Waals surface area contributed by atoms with E-state index in [1.54, 1.807) is 7.11 Å². The summed E-state index contributed by atoms with van der Waals surface area (Å²) in [6.07, 6.45) is 0. The number of hydrogen-bond donors (Lipinski definition) is 1. The summed E-state index contributed by atoms with van der Waals surface area (Å²) in [6, 6.07) is 6.04. The fraction of sp³-hybridized carbons (Fsp3) is 0.455. The summed E-state index contributed by atoms with van der Waals surface area (Å²) >= 11 is 5.96. The Kier molecular flexibility index (Phi) is 5.35. The van der Waals surface area contributed by atoms with Crippen molar-refractivity contribution in [2.45, 2.75) is 6.04 Å². The molecule has 1 aromatic rings. The Bertz CT molecular complexity index is 341. The number of hydrogen-bond acceptors (Lipinski definition) is 3. The summed E-state index contributed by atoms with van der Waals surface area (Å²) in [4.78, 5) is 0. The van der Waals surface area contributed by atoms with Crippen LogP contribution in [0.4, 0.5) is 0 Å². The van der Waals surface area contributed by atoms with Crippen LogP contribution < -0.4 is 10.1 Å². The second-order valence-corrected chi connectivity index (χ2v) is 3.88. The van der Waals surface area contributed by atoms with Crippen LogP contribution in [0.5, 0.6) is 5.75 Å². The summed E-state index contributed by atoms with van der Waals surface area (Å²) in [5.74, 6) is 0.710. The van der Waals surface area contributed by atoms with Crippen molar-refractivity contribution in [1.29, 1.82) is 0 Å². The van der Waals surface area contributed by atoms with E-state index in [0.717, 1.165) is 18.7 Å². The quantitative estimate of drug-likeness (QED) is 0.889. The van der Waals surface area contributed by atoms with Crippen molar-refractivity contribution < 1.29 is 9.47 Å². The van der Waals surface area contributed by atoms with Gasteiger partial charge in [-0.25, -0.2) is 0 Å². The summed E-state index contributed by atoms with van der Waals surface area (Å²) in [6.45, 7) is 2.36. The van der Waals surface area contributed by atoms with Gasteiger partial charge < -0.3 is 14.8 Å². The number of rotatable bonds is 2. The summed E-state index contributed by atoms with van der Waals surface area (Å²) in [5.41, 5.74) is 1.15. The molecule has 5 heteroatoms. The van der Waals surface area contributed by atoms with Gasteiger partial charge in [-0.1, -0.05) is 17.7 Å². The highest BCUT2D eigenvalue weighted by atomic mass is 35.5. The first-order valence-electron chi connectivity index (χ1n) is 4.96. The molecule has 16 heavy (non-hydrogen) atoms. The van der Waals surface area contributed by atoms with Gasteiger partial charge in [-0.15, -0.1) is 12.4 Å². The number of nitrogens with one attached hydrogen (secondary N) is 1. The standard InChI is InChI=1S/C11H14ClNO2.ClH/c1-14-11-6-8(2-3-9(11)12)10-7-15-5-4-13-10;/h2-3,6,10,13H,4-5,7H2,1H3;1H/t10-;/m0./s1. The summed E-state index contributed by atoms with van der Waals surface area (Å²) < 4.78 is 10.6. The molecule has 0 amide bonds. The van der Waals surface area contributed by atoms with Gasteiger partial charge in [0.2, 0.25) is 0 Å². The molecule has 1 N–H and O–H groups in total. The Morgan fingerprint density at radius 1 is 1.50 bits per heavy atom. The first kappa shape index (κ1) is 13.6. The zero-order valence-corrected chi connectivity index (χ0v) is 10.6. The van der Waals surface area contributed by atoms with Crippen LogP contribution in [0.15, 0.2) is 18.2 Å². The zero-order chi connectivity index (χ0) is 10.7. The highest BCUT2D eigenvalue weighted by Gasteiger charge is 2.16. The highest BCUT2D eigenvalue weighted by molar-refractivity contribution is 6.32. The molecule has 1 aliphatic rings. The molecule has 0 aromatic heterocycles. The second kappa shape index (κ2) is 6.30. The Morgan fingerprint density at radius 2 is 2.31 bits per heavy atom. The minimum absolute atomic E-state index is 0. The first-order valence-corrected chi connectivity index (χ1v) is 5.33. The van der Waals surface area contributed by atoms with Gasteiger partial charge in [-0.05, 0) is 17.7 Å². The molecule has 0 bridgehead atoms. The largest absolute Gasteiger partial charge is 0.495 e. The minimum atomic E-state index is 0. The maximum Gasteiger partial charge on any atom is 0.137 e. The second-order valence-electron chi connectivity index (χ2n) is 3.48. The molecule has 1 atom stereocenters. The van der Waals surface area contributed by atoms with Crippen molar-refractivity contribution in [3.8, 4) is 5.75 Å². The maximum atomic E-state index is 5.96. The molecule has 0 aliphatic carbocycles. The number of benzene rings is 1. The molecule has 1 aromatic carbocycles. The lowest BCUT2D eigenvalue weighted by molar-refractivity contribution is 0.0768. The predicted molar refractivity (Wildman–Crippen MR) is 66.8 cm³/mol. The van der Waals surface area contributed by atoms with Crippen LogP contribution in [0, 0.1) is 0 Å². The van der Waals surface area contributed by atoms with Gasteiger partial charge >= 0.3 is 0 Å². The Morgan fingerprint density at radius 3 is 2.94 bits per heavy atom. The minimum Gasteiger partial charge on any atom is -0.495 e. The molecule has 1 saturated heterocycles. The predicted octanol–water partition coefficient (Wildman–Crippen LogP) is 2.43. The lowest BCUT2D eigenvalue weighted by atomic mass is 10.1. The van der Waals surface area contributed by atoms with Gasteiger partial charge in [0.1, 0.15) is 5.75 Å². The van der Waals surface area contributed by atoms with Crippen molar-refractivity contribution in [2.24, 2.45) is 0 Å². The van der Waals surface area contributed by atoms with E-state index in [0.29, 0.717) is 17.4 Å². The van der Waals surface area contributed by atoms with Crippen molar-refractivity contribution >= 4 is 24.0 Å². The van der Waals surface area contributed by atoms with E-state index in [1.807, 2.05) is 18.2 Å². The molecule has 0 spiro atoms. The fourth-order valence-corrected chi connectivity index (χ4v) is 1.87. The van der Waals surface area contributed by atoms with E-state index in [1.165, 1.54) is 0 Å². The topological polar surface area (TPSA) is 30.5 Å². The van der Waals surface area contributed by atoms with Crippen LogP contribution >= 0.6 is 24.0 Å². The van der Waals surface area contributed by atoms with Crippen LogP contribution in [0.3, 0.4) is 0 Å². The zero-order valence-electron chi connectivity index (χ0n) is 9.03. The molecule has 2 rings (SSSR count). The molecule has 1 heterocycles.